The SMILES string of the molecule is O=C(N[C@@H](C(=O)O)c1ccc([N+](=O)[O-])cc1)OCC(Cl)(Cl)Cl. The second-order valence-electron chi connectivity index (χ2n) is 3.96. The van der Waals surface area contributed by atoms with Crippen LogP contribution in [0.3, 0.4) is 0 Å². The number of alkyl halides is 3. The zero-order valence-corrected chi connectivity index (χ0v) is 12.9. The number of benzene rings is 1. The molecule has 0 aliphatic carbocycles. The van der Waals surface area contributed by atoms with E-state index in [4.69, 9.17) is 39.9 Å². The van der Waals surface area contributed by atoms with Crippen molar-refractivity contribution in [2.24, 2.45) is 0 Å². The van der Waals surface area contributed by atoms with E-state index in [2.05, 4.69) is 4.74 Å². The van der Waals surface area contributed by atoms with Gasteiger partial charge in [0.2, 0.25) is 3.79 Å². The molecule has 1 aromatic carbocycles. The number of carboxylic acids is 1. The summed E-state index contributed by atoms with van der Waals surface area (Å²) in [4.78, 5) is 32.5. The van der Waals surface area contributed by atoms with Gasteiger partial charge in [0.05, 0.1) is 4.92 Å². The fourth-order valence-corrected chi connectivity index (χ4v) is 1.55. The molecular weight excluding hydrogens is 362 g/mol. The van der Waals surface area contributed by atoms with Gasteiger partial charge in [-0.3, -0.25) is 10.1 Å². The van der Waals surface area contributed by atoms with Gasteiger partial charge in [-0.25, -0.2) is 9.59 Å². The Kier molecular flexibility index (Phi) is 6.21. The highest BCUT2D eigenvalue weighted by Crippen LogP contribution is 2.26. The predicted molar refractivity (Wildman–Crippen MR) is 78.2 cm³/mol. The number of aliphatic carboxylic acids is 1. The van der Waals surface area contributed by atoms with Crippen LogP contribution in [0, 0.1) is 10.1 Å². The third-order valence-corrected chi connectivity index (χ3v) is 2.64. The van der Waals surface area contributed by atoms with Gasteiger partial charge in [-0.1, -0.05) is 34.8 Å². The number of amides is 1. The van der Waals surface area contributed by atoms with Gasteiger partial charge in [-0.15, -0.1) is 0 Å². The van der Waals surface area contributed by atoms with Gasteiger partial charge in [0.25, 0.3) is 5.69 Å². The van der Waals surface area contributed by atoms with Gasteiger partial charge in [-0.05, 0) is 17.7 Å². The van der Waals surface area contributed by atoms with E-state index < -0.39 is 33.4 Å². The van der Waals surface area contributed by atoms with Gasteiger partial charge >= 0.3 is 12.1 Å². The average Bonchev–Trinajstić information content (AvgIpc) is 2.41. The monoisotopic (exact) mass is 370 g/mol. The molecule has 0 aliphatic rings. The number of alkyl carbamates (subject to hydrolysis) is 1. The molecule has 1 atom stereocenters. The second kappa shape index (κ2) is 7.48. The summed E-state index contributed by atoms with van der Waals surface area (Å²) >= 11 is 16.2. The Morgan fingerprint density at radius 1 is 1.32 bits per heavy atom. The molecule has 0 saturated heterocycles. The van der Waals surface area contributed by atoms with E-state index in [1.54, 1.807) is 0 Å². The normalized spacial score (nSPS) is 12.3. The standard InChI is InChI=1S/C11H9Cl3N2O6/c12-11(13,14)5-22-10(19)15-8(9(17)18)6-1-3-7(4-2-6)16(20)21/h1-4,8H,5H2,(H,15,19)(H,17,18)/t8-/m1/s1. The van der Waals surface area contributed by atoms with E-state index in [0.29, 0.717) is 0 Å². The van der Waals surface area contributed by atoms with Crippen LogP contribution in [0.5, 0.6) is 0 Å². The number of carbonyl (C=O) groups is 2. The first kappa shape index (κ1) is 18.3. The Bertz CT molecular complexity index is 572. The lowest BCUT2D eigenvalue weighted by Crippen LogP contribution is -2.35. The van der Waals surface area contributed by atoms with Crippen LogP contribution in [0.15, 0.2) is 24.3 Å². The Hall–Kier alpha value is -1.77. The van der Waals surface area contributed by atoms with Crippen molar-refractivity contribution in [1.82, 2.24) is 5.32 Å². The largest absolute Gasteiger partial charge is 0.479 e. The molecule has 2 N–H and O–H groups in total. The first-order chi connectivity index (χ1) is 10.1. The number of nitrogens with zero attached hydrogens (tertiary/aromatic N) is 1. The van der Waals surface area contributed by atoms with Gasteiger partial charge in [-0.2, -0.15) is 0 Å². The van der Waals surface area contributed by atoms with Crippen molar-refractivity contribution in [3.63, 3.8) is 0 Å². The molecule has 0 heterocycles. The van der Waals surface area contributed by atoms with Crippen LogP contribution in [0.1, 0.15) is 11.6 Å². The number of carbonyl (C=O) groups excluding carboxylic acids is 1. The second-order valence-corrected chi connectivity index (χ2v) is 6.47. The molecule has 0 unspecified atom stereocenters. The Balaban J connectivity index is 2.79. The number of carboxylic acid groups (broad SMARTS) is 1. The van der Waals surface area contributed by atoms with Crippen LogP contribution in [-0.4, -0.2) is 32.5 Å². The molecule has 8 nitrogen and oxygen atoms in total. The molecule has 1 amide bonds. The number of hydrogen-bond donors (Lipinski definition) is 2. The number of nitro benzene ring substituents is 1. The molecule has 0 bridgehead atoms. The maximum atomic E-state index is 11.5. The summed E-state index contributed by atoms with van der Waals surface area (Å²) in [6.45, 7) is -0.573. The Morgan fingerprint density at radius 2 is 1.86 bits per heavy atom. The number of hydrogen-bond acceptors (Lipinski definition) is 5. The van der Waals surface area contributed by atoms with Crippen LogP contribution in [0.25, 0.3) is 0 Å². The van der Waals surface area contributed by atoms with E-state index >= 15 is 0 Å². The fraction of sp³-hybridized carbons (Fsp3) is 0.273. The molecule has 11 heteroatoms. The van der Waals surface area contributed by atoms with Gasteiger partial charge in [0.15, 0.2) is 6.04 Å². The summed E-state index contributed by atoms with van der Waals surface area (Å²) in [7, 11) is 0. The molecule has 1 rings (SSSR count). The maximum Gasteiger partial charge on any atom is 0.408 e. The number of halogens is 3. The van der Waals surface area contributed by atoms with E-state index in [1.165, 1.54) is 12.1 Å². The molecule has 1 aromatic rings. The van der Waals surface area contributed by atoms with Crippen molar-refractivity contribution in [1.29, 1.82) is 0 Å². The molecule has 0 radical (unpaired) electrons. The third kappa shape index (κ3) is 5.92. The van der Waals surface area contributed by atoms with E-state index in [9.17, 15) is 19.7 Å². The van der Waals surface area contributed by atoms with Crippen LogP contribution in [0.4, 0.5) is 10.5 Å². The lowest BCUT2D eigenvalue weighted by molar-refractivity contribution is -0.384. The molecule has 0 aromatic heterocycles. The predicted octanol–water partition coefficient (Wildman–Crippen LogP) is 2.82. The van der Waals surface area contributed by atoms with Crippen LogP contribution in [0.2, 0.25) is 0 Å². The van der Waals surface area contributed by atoms with Crippen molar-refractivity contribution in [2.75, 3.05) is 6.61 Å². The quantitative estimate of drug-likeness (QED) is 0.466. The summed E-state index contributed by atoms with van der Waals surface area (Å²) < 4.78 is 2.72. The first-order valence-electron chi connectivity index (χ1n) is 5.57. The van der Waals surface area contributed by atoms with Crippen LogP contribution >= 0.6 is 34.8 Å². The highest BCUT2D eigenvalue weighted by atomic mass is 35.6. The van der Waals surface area contributed by atoms with Crippen LogP contribution in [-0.2, 0) is 9.53 Å². The number of non-ortho nitro benzene ring substituents is 1. The van der Waals surface area contributed by atoms with E-state index in [0.717, 1.165) is 12.1 Å². The molecule has 0 fully saturated rings. The van der Waals surface area contributed by atoms with Gasteiger partial charge < -0.3 is 15.2 Å². The molecule has 0 spiro atoms. The summed E-state index contributed by atoms with van der Waals surface area (Å²) in [5.41, 5.74) is -0.101. The maximum absolute atomic E-state index is 11.5. The zero-order chi connectivity index (χ0) is 16.9. The van der Waals surface area contributed by atoms with Crippen molar-refractivity contribution in [3.8, 4) is 0 Å². The van der Waals surface area contributed by atoms with Crippen LogP contribution < -0.4 is 5.32 Å². The molecule has 22 heavy (non-hydrogen) atoms. The number of nitro groups is 1. The van der Waals surface area contributed by atoms with Crippen molar-refractivity contribution < 1.29 is 24.4 Å². The minimum atomic E-state index is -1.83. The van der Waals surface area contributed by atoms with Gasteiger partial charge in [0.1, 0.15) is 6.61 Å². The summed E-state index contributed by atoms with van der Waals surface area (Å²) in [5, 5.41) is 21.7. The van der Waals surface area contributed by atoms with Crippen molar-refractivity contribution in [2.45, 2.75) is 9.83 Å². The third-order valence-electron chi connectivity index (χ3n) is 2.31. The number of rotatable bonds is 5. The summed E-state index contributed by atoms with van der Waals surface area (Å²) in [5.74, 6) is -1.39. The lowest BCUT2D eigenvalue weighted by atomic mass is 10.1. The highest BCUT2D eigenvalue weighted by Gasteiger charge is 2.26. The minimum absolute atomic E-state index is 0.115. The highest BCUT2D eigenvalue weighted by molar-refractivity contribution is 6.67. The molecule has 0 aliphatic heterocycles. The number of nitrogens with one attached hydrogen (secondary N) is 1. The minimum Gasteiger partial charge on any atom is -0.479 e. The lowest BCUT2D eigenvalue weighted by Gasteiger charge is -2.16. The topological polar surface area (TPSA) is 119 Å². The molecular formula is C11H9Cl3N2O6. The zero-order valence-electron chi connectivity index (χ0n) is 10.7. The molecule has 120 valence electrons. The van der Waals surface area contributed by atoms with Gasteiger partial charge in [0, 0.05) is 12.1 Å². The Morgan fingerprint density at radius 3 is 2.27 bits per heavy atom. The van der Waals surface area contributed by atoms with E-state index in [-0.39, 0.29) is 11.3 Å². The summed E-state index contributed by atoms with van der Waals surface area (Å²) in [6, 6.07) is 3.15. The summed E-state index contributed by atoms with van der Waals surface area (Å²) in [6.07, 6.45) is -1.11. The van der Waals surface area contributed by atoms with Crippen molar-refractivity contribution >= 4 is 52.6 Å². The smallest absolute Gasteiger partial charge is 0.408 e. The van der Waals surface area contributed by atoms with Crippen molar-refractivity contribution in [3.05, 3.63) is 39.9 Å². The Labute approximate surface area is 139 Å². The number of ether oxygens (including phenoxy) is 1. The first-order valence-corrected chi connectivity index (χ1v) is 6.71. The van der Waals surface area contributed by atoms with E-state index in [1.807, 2.05) is 5.32 Å². The molecule has 0 saturated carbocycles. The fourth-order valence-electron chi connectivity index (χ4n) is 1.38. The average molecular weight is 372 g/mol.